The van der Waals surface area contributed by atoms with Crippen LogP contribution in [0.3, 0.4) is 0 Å². The molecule has 0 saturated carbocycles. The quantitative estimate of drug-likeness (QED) is 0.546. The van der Waals surface area contributed by atoms with Gasteiger partial charge in [0, 0.05) is 18.8 Å². The Hall–Kier alpha value is -2.22. The molecule has 2 aromatic carbocycles. The summed E-state index contributed by atoms with van der Waals surface area (Å²) < 4.78 is 0. The minimum Gasteiger partial charge on any atom is -0.391 e. The van der Waals surface area contributed by atoms with E-state index in [1.54, 1.807) is 6.20 Å². The van der Waals surface area contributed by atoms with E-state index in [4.69, 9.17) is 0 Å². The Morgan fingerprint density at radius 1 is 0.920 bits per heavy atom. The molecule has 0 saturated heterocycles. The summed E-state index contributed by atoms with van der Waals surface area (Å²) in [6, 6.07) is 15.6. The lowest BCUT2D eigenvalue weighted by Crippen LogP contribution is -2.12. The first-order valence-corrected chi connectivity index (χ1v) is 9.49. The highest BCUT2D eigenvalue weighted by Gasteiger charge is 2.04. The van der Waals surface area contributed by atoms with E-state index < -0.39 is 0 Å². The highest BCUT2D eigenvalue weighted by Crippen LogP contribution is 2.20. The number of hydrogen-bond acceptors (Lipinski definition) is 2. The molecule has 2 aromatic rings. The third kappa shape index (κ3) is 6.30. The lowest BCUT2D eigenvalue weighted by molar-refractivity contribution is 0.779. The van der Waals surface area contributed by atoms with Gasteiger partial charge in [-0.15, -0.1) is 0 Å². The molecule has 2 N–H and O–H groups in total. The zero-order valence-electron chi connectivity index (χ0n) is 15.8. The maximum Gasteiger partial charge on any atom is 0.0343 e. The van der Waals surface area contributed by atoms with Gasteiger partial charge in [-0.2, -0.15) is 0 Å². The Balaban J connectivity index is 1.90. The normalized spacial score (nSPS) is 10.5. The highest BCUT2D eigenvalue weighted by molar-refractivity contribution is 5.49. The molecule has 25 heavy (non-hydrogen) atoms. The standard InChI is InChI=1S/C23H32N2/c1-4-20-14-15-23(25-17-9-16-24-5-2)18-22(20)13-8-12-21-11-7-6-10-19(21)3/h5-7,10-11,14-15,18,24-25H,2,4,8-9,12-13,16-17H2,1,3H3. The fraction of sp³-hybridized carbons (Fsp3) is 0.391. The largest absolute Gasteiger partial charge is 0.391 e. The van der Waals surface area contributed by atoms with Gasteiger partial charge < -0.3 is 10.6 Å². The summed E-state index contributed by atoms with van der Waals surface area (Å²) in [5.74, 6) is 0. The second-order valence-corrected chi connectivity index (χ2v) is 6.56. The lowest BCUT2D eigenvalue weighted by Gasteiger charge is -2.13. The molecule has 0 heterocycles. The molecule has 0 radical (unpaired) electrons. The van der Waals surface area contributed by atoms with Crippen LogP contribution < -0.4 is 10.6 Å². The molecule has 0 aliphatic heterocycles. The van der Waals surface area contributed by atoms with Crippen LogP contribution in [-0.2, 0) is 19.3 Å². The van der Waals surface area contributed by atoms with Gasteiger partial charge in [0.15, 0.2) is 0 Å². The van der Waals surface area contributed by atoms with Crippen molar-refractivity contribution in [3.63, 3.8) is 0 Å². The summed E-state index contributed by atoms with van der Waals surface area (Å²) in [4.78, 5) is 0. The van der Waals surface area contributed by atoms with Crippen molar-refractivity contribution in [1.82, 2.24) is 5.32 Å². The van der Waals surface area contributed by atoms with Crippen molar-refractivity contribution < 1.29 is 0 Å². The van der Waals surface area contributed by atoms with Gasteiger partial charge in [0.2, 0.25) is 0 Å². The molecular weight excluding hydrogens is 304 g/mol. The van der Waals surface area contributed by atoms with Crippen molar-refractivity contribution in [2.24, 2.45) is 0 Å². The van der Waals surface area contributed by atoms with E-state index in [0.717, 1.165) is 38.8 Å². The van der Waals surface area contributed by atoms with Crippen molar-refractivity contribution in [3.8, 4) is 0 Å². The van der Waals surface area contributed by atoms with Crippen molar-refractivity contribution in [2.45, 2.75) is 46.0 Å². The van der Waals surface area contributed by atoms with Gasteiger partial charge in [-0.1, -0.05) is 43.8 Å². The second kappa shape index (κ2) is 10.6. The molecule has 0 amide bonds. The fourth-order valence-corrected chi connectivity index (χ4v) is 3.20. The first-order valence-electron chi connectivity index (χ1n) is 9.49. The van der Waals surface area contributed by atoms with Crippen LogP contribution in [0.1, 0.15) is 42.0 Å². The lowest BCUT2D eigenvalue weighted by atomic mass is 9.96. The number of hydrogen-bond donors (Lipinski definition) is 2. The average Bonchev–Trinajstić information content (AvgIpc) is 2.63. The number of benzene rings is 2. The Morgan fingerprint density at radius 2 is 1.72 bits per heavy atom. The van der Waals surface area contributed by atoms with Crippen molar-refractivity contribution in [2.75, 3.05) is 18.4 Å². The van der Waals surface area contributed by atoms with E-state index in [2.05, 4.69) is 73.5 Å². The molecule has 0 atom stereocenters. The van der Waals surface area contributed by atoms with Gasteiger partial charge in [0.05, 0.1) is 0 Å². The van der Waals surface area contributed by atoms with Crippen LogP contribution in [0.25, 0.3) is 0 Å². The summed E-state index contributed by atoms with van der Waals surface area (Å²) in [5, 5.41) is 6.67. The van der Waals surface area contributed by atoms with E-state index in [1.165, 1.54) is 34.4 Å². The summed E-state index contributed by atoms with van der Waals surface area (Å²) in [6.45, 7) is 10.1. The van der Waals surface area contributed by atoms with Gasteiger partial charge in [-0.3, -0.25) is 0 Å². The van der Waals surface area contributed by atoms with Gasteiger partial charge in [-0.05, 0) is 79.6 Å². The molecular formula is C23H32N2. The maximum absolute atomic E-state index is 3.67. The zero-order chi connectivity index (χ0) is 17.9. The van der Waals surface area contributed by atoms with Crippen molar-refractivity contribution in [3.05, 3.63) is 77.5 Å². The van der Waals surface area contributed by atoms with Crippen LogP contribution in [0.2, 0.25) is 0 Å². The third-order valence-corrected chi connectivity index (χ3v) is 4.71. The predicted molar refractivity (Wildman–Crippen MR) is 110 cm³/mol. The molecule has 0 fully saturated rings. The molecule has 0 aromatic heterocycles. The van der Waals surface area contributed by atoms with Crippen LogP contribution >= 0.6 is 0 Å². The van der Waals surface area contributed by atoms with Crippen LogP contribution in [0, 0.1) is 6.92 Å². The smallest absolute Gasteiger partial charge is 0.0343 e. The van der Waals surface area contributed by atoms with Gasteiger partial charge in [-0.25, -0.2) is 0 Å². The molecule has 0 spiro atoms. The molecule has 2 nitrogen and oxygen atoms in total. The monoisotopic (exact) mass is 336 g/mol. The van der Waals surface area contributed by atoms with E-state index in [9.17, 15) is 0 Å². The van der Waals surface area contributed by atoms with E-state index in [1.807, 2.05) is 0 Å². The summed E-state index contributed by atoms with van der Waals surface area (Å²) >= 11 is 0. The van der Waals surface area contributed by atoms with Gasteiger partial charge in [0.1, 0.15) is 0 Å². The summed E-state index contributed by atoms with van der Waals surface area (Å²) in [6.07, 6.45) is 7.44. The maximum atomic E-state index is 3.67. The third-order valence-electron chi connectivity index (χ3n) is 4.71. The van der Waals surface area contributed by atoms with Crippen LogP contribution in [-0.4, -0.2) is 13.1 Å². The zero-order valence-corrected chi connectivity index (χ0v) is 15.8. The van der Waals surface area contributed by atoms with E-state index >= 15 is 0 Å². The number of rotatable bonds is 11. The highest BCUT2D eigenvalue weighted by atomic mass is 14.9. The van der Waals surface area contributed by atoms with Crippen molar-refractivity contribution >= 4 is 5.69 Å². The number of anilines is 1. The Morgan fingerprint density at radius 3 is 2.48 bits per heavy atom. The summed E-state index contributed by atoms with van der Waals surface area (Å²) in [7, 11) is 0. The molecule has 0 aliphatic rings. The number of nitrogens with one attached hydrogen (secondary N) is 2. The second-order valence-electron chi connectivity index (χ2n) is 6.56. The topological polar surface area (TPSA) is 24.1 Å². The Bertz CT molecular complexity index is 661. The predicted octanol–water partition coefficient (Wildman–Crippen LogP) is 5.27. The van der Waals surface area contributed by atoms with Gasteiger partial charge in [0.25, 0.3) is 0 Å². The van der Waals surface area contributed by atoms with Crippen LogP contribution in [0.4, 0.5) is 5.69 Å². The van der Waals surface area contributed by atoms with Crippen LogP contribution in [0.5, 0.6) is 0 Å². The fourth-order valence-electron chi connectivity index (χ4n) is 3.20. The minimum atomic E-state index is 0.965. The SMILES string of the molecule is C=CNCCCNc1ccc(CC)c(CCCc2ccccc2C)c1. The minimum absolute atomic E-state index is 0.965. The molecule has 0 aliphatic carbocycles. The van der Waals surface area contributed by atoms with E-state index in [0.29, 0.717) is 0 Å². The molecule has 2 rings (SSSR count). The van der Waals surface area contributed by atoms with E-state index in [-0.39, 0.29) is 0 Å². The molecule has 0 bridgehead atoms. The first-order chi connectivity index (χ1) is 12.2. The van der Waals surface area contributed by atoms with Crippen molar-refractivity contribution in [1.29, 1.82) is 0 Å². The van der Waals surface area contributed by atoms with Crippen LogP contribution in [0.15, 0.2) is 55.2 Å². The Labute approximate surface area is 153 Å². The average molecular weight is 337 g/mol. The summed E-state index contributed by atoms with van der Waals surface area (Å²) in [5.41, 5.74) is 7.09. The molecule has 0 unspecified atom stereocenters. The first kappa shape index (κ1) is 19.1. The number of aryl methyl sites for hydroxylation is 4. The van der Waals surface area contributed by atoms with Gasteiger partial charge >= 0.3 is 0 Å². The molecule has 134 valence electrons. The molecule has 2 heteroatoms. The Kier molecular flexibility index (Phi) is 8.11.